The molecule has 1 fully saturated rings. The number of hydrogen-bond donors (Lipinski definition) is 1. The minimum Gasteiger partial charge on any atom is -0.381 e. The average Bonchev–Trinajstić information content (AvgIpc) is 2.46. The minimum atomic E-state index is 0.0998. The van der Waals surface area contributed by atoms with Crippen LogP contribution in [-0.4, -0.2) is 38.2 Å². The van der Waals surface area contributed by atoms with Gasteiger partial charge in [-0.05, 0) is 24.5 Å². The van der Waals surface area contributed by atoms with Crippen molar-refractivity contribution in [3.05, 3.63) is 23.9 Å². The van der Waals surface area contributed by atoms with Crippen molar-refractivity contribution < 1.29 is 9.53 Å². The Morgan fingerprint density at radius 2 is 2.16 bits per heavy atom. The highest BCUT2D eigenvalue weighted by Crippen LogP contribution is 2.15. The van der Waals surface area contributed by atoms with Crippen LogP contribution in [0, 0.1) is 5.92 Å². The maximum Gasteiger partial charge on any atom is 0.223 e. The van der Waals surface area contributed by atoms with Crippen LogP contribution < -0.4 is 10.2 Å². The minimum absolute atomic E-state index is 0.0998. The summed E-state index contributed by atoms with van der Waals surface area (Å²) >= 11 is 0. The molecule has 0 radical (unpaired) electrons. The summed E-state index contributed by atoms with van der Waals surface area (Å²) in [5.41, 5.74) is 1.02. The third-order valence-electron chi connectivity index (χ3n) is 3.33. The molecule has 1 aromatic rings. The van der Waals surface area contributed by atoms with E-state index in [0.717, 1.165) is 24.2 Å². The lowest BCUT2D eigenvalue weighted by atomic mass is 9.99. The fraction of sp³-hybridized carbons (Fsp3) is 0.571. The van der Waals surface area contributed by atoms with Gasteiger partial charge in [-0.25, -0.2) is 4.98 Å². The Balaban J connectivity index is 1.82. The SMILES string of the molecule is CN(C)c1ccc(CNC(=O)C2CCOCC2)cn1. The molecular weight excluding hydrogens is 242 g/mol. The van der Waals surface area contributed by atoms with E-state index in [9.17, 15) is 4.79 Å². The lowest BCUT2D eigenvalue weighted by Gasteiger charge is -2.21. The molecule has 19 heavy (non-hydrogen) atoms. The van der Waals surface area contributed by atoms with E-state index < -0.39 is 0 Å². The van der Waals surface area contributed by atoms with Crippen LogP contribution in [0.5, 0.6) is 0 Å². The zero-order chi connectivity index (χ0) is 13.7. The van der Waals surface area contributed by atoms with Crippen LogP contribution in [-0.2, 0) is 16.1 Å². The maximum absolute atomic E-state index is 12.0. The summed E-state index contributed by atoms with van der Waals surface area (Å²) < 4.78 is 5.25. The largest absolute Gasteiger partial charge is 0.381 e. The van der Waals surface area contributed by atoms with Crippen molar-refractivity contribution in [3.8, 4) is 0 Å². The van der Waals surface area contributed by atoms with Crippen molar-refractivity contribution in [2.24, 2.45) is 5.92 Å². The Morgan fingerprint density at radius 1 is 1.42 bits per heavy atom. The Bertz CT molecular complexity index is 411. The predicted octanol–water partition coefficient (Wildman–Crippen LogP) is 1.19. The molecule has 2 rings (SSSR count). The number of aromatic nitrogens is 1. The zero-order valence-electron chi connectivity index (χ0n) is 11.6. The molecule has 0 aromatic carbocycles. The first kappa shape index (κ1) is 13.8. The van der Waals surface area contributed by atoms with Gasteiger partial charge >= 0.3 is 0 Å². The van der Waals surface area contributed by atoms with E-state index in [4.69, 9.17) is 4.74 Å². The quantitative estimate of drug-likeness (QED) is 0.886. The maximum atomic E-state index is 12.0. The van der Waals surface area contributed by atoms with Gasteiger partial charge in [0.1, 0.15) is 5.82 Å². The van der Waals surface area contributed by atoms with Gasteiger partial charge in [0.2, 0.25) is 5.91 Å². The molecule has 1 N–H and O–H groups in total. The van der Waals surface area contributed by atoms with E-state index in [0.29, 0.717) is 19.8 Å². The number of carbonyl (C=O) groups excluding carboxylic acids is 1. The topological polar surface area (TPSA) is 54.5 Å². The smallest absolute Gasteiger partial charge is 0.223 e. The predicted molar refractivity (Wildman–Crippen MR) is 74.0 cm³/mol. The van der Waals surface area contributed by atoms with Crippen LogP contribution in [0.4, 0.5) is 5.82 Å². The summed E-state index contributed by atoms with van der Waals surface area (Å²) in [6.45, 7) is 1.92. The Kier molecular flexibility index (Phi) is 4.74. The number of nitrogens with zero attached hydrogens (tertiary/aromatic N) is 2. The van der Waals surface area contributed by atoms with E-state index in [1.807, 2.05) is 31.1 Å². The van der Waals surface area contributed by atoms with Crippen molar-refractivity contribution in [2.75, 3.05) is 32.2 Å². The molecule has 0 unspecified atom stereocenters. The van der Waals surface area contributed by atoms with Crippen molar-refractivity contribution in [3.63, 3.8) is 0 Å². The second-order valence-corrected chi connectivity index (χ2v) is 5.02. The van der Waals surface area contributed by atoms with E-state index in [2.05, 4.69) is 10.3 Å². The molecule has 104 valence electrons. The van der Waals surface area contributed by atoms with E-state index >= 15 is 0 Å². The molecule has 1 aromatic heterocycles. The van der Waals surface area contributed by atoms with Gasteiger partial charge < -0.3 is 15.0 Å². The number of carbonyl (C=O) groups is 1. The second-order valence-electron chi connectivity index (χ2n) is 5.02. The van der Waals surface area contributed by atoms with Crippen LogP contribution in [0.25, 0.3) is 0 Å². The van der Waals surface area contributed by atoms with Crippen molar-refractivity contribution in [2.45, 2.75) is 19.4 Å². The number of anilines is 1. The molecule has 0 aliphatic carbocycles. The second kappa shape index (κ2) is 6.52. The van der Waals surface area contributed by atoms with E-state index in [-0.39, 0.29) is 11.8 Å². The third-order valence-corrected chi connectivity index (χ3v) is 3.33. The normalized spacial score (nSPS) is 16.1. The lowest BCUT2D eigenvalue weighted by molar-refractivity contribution is -0.128. The summed E-state index contributed by atoms with van der Waals surface area (Å²) in [7, 11) is 3.91. The number of ether oxygens (including phenoxy) is 1. The summed E-state index contributed by atoms with van der Waals surface area (Å²) in [6.07, 6.45) is 3.45. The fourth-order valence-electron chi connectivity index (χ4n) is 2.08. The Hall–Kier alpha value is -1.62. The van der Waals surface area contributed by atoms with Crippen molar-refractivity contribution >= 4 is 11.7 Å². The van der Waals surface area contributed by atoms with Gasteiger partial charge in [0, 0.05) is 46.0 Å². The monoisotopic (exact) mass is 263 g/mol. The molecule has 1 aliphatic heterocycles. The van der Waals surface area contributed by atoms with Gasteiger partial charge in [-0.15, -0.1) is 0 Å². The van der Waals surface area contributed by atoms with Crippen molar-refractivity contribution in [1.29, 1.82) is 0 Å². The molecule has 5 nitrogen and oxygen atoms in total. The van der Waals surface area contributed by atoms with Gasteiger partial charge in [0.15, 0.2) is 0 Å². The molecule has 0 spiro atoms. The van der Waals surface area contributed by atoms with Crippen LogP contribution in [0.1, 0.15) is 18.4 Å². The first-order valence-corrected chi connectivity index (χ1v) is 6.64. The van der Waals surface area contributed by atoms with Crippen LogP contribution in [0.3, 0.4) is 0 Å². The molecule has 2 heterocycles. The Labute approximate surface area is 114 Å². The number of rotatable bonds is 4. The van der Waals surface area contributed by atoms with Gasteiger partial charge in [0.05, 0.1) is 0 Å². The summed E-state index contributed by atoms with van der Waals surface area (Å²) in [5, 5.41) is 2.97. The molecule has 0 bridgehead atoms. The molecule has 1 amide bonds. The van der Waals surface area contributed by atoms with E-state index in [1.54, 1.807) is 6.20 Å². The standard InChI is InChI=1S/C14H21N3O2/c1-17(2)13-4-3-11(9-15-13)10-16-14(18)12-5-7-19-8-6-12/h3-4,9,12H,5-8,10H2,1-2H3,(H,16,18). The first-order chi connectivity index (χ1) is 9.16. The number of nitrogens with one attached hydrogen (secondary N) is 1. The first-order valence-electron chi connectivity index (χ1n) is 6.64. The molecule has 1 aliphatic rings. The van der Waals surface area contributed by atoms with Gasteiger partial charge in [-0.1, -0.05) is 6.07 Å². The highest BCUT2D eigenvalue weighted by molar-refractivity contribution is 5.78. The van der Waals surface area contributed by atoms with Crippen LogP contribution >= 0.6 is 0 Å². The fourth-order valence-corrected chi connectivity index (χ4v) is 2.08. The average molecular weight is 263 g/mol. The summed E-state index contributed by atoms with van der Waals surface area (Å²) in [5.74, 6) is 1.14. The van der Waals surface area contributed by atoms with Gasteiger partial charge in [-0.3, -0.25) is 4.79 Å². The molecule has 5 heteroatoms. The Morgan fingerprint density at radius 3 is 2.74 bits per heavy atom. The summed E-state index contributed by atoms with van der Waals surface area (Å²) in [6, 6.07) is 3.95. The highest BCUT2D eigenvalue weighted by Gasteiger charge is 2.20. The van der Waals surface area contributed by atoms with Crippen LogP contribution in [0.2, 0.25) is 0 Å². The highest BCUT2D eigenvalue weighted by atomic mass is 16.5. The molecule has 0 saturated carbocycles. The molecular formula is C14H21N3O2. The number of hydrogen-bond acceptors (Lipinski definition) is 4. The van der Waals surface area contributed by atoms with Crippen LogP contribution in [0.15, 0.2) is 18.3 Å². The van der Waals surface area contributed by atoms with Gasteiger partial charge in [-0.2, -0.15) is 0 Å². The molecule has 1 saturated heterocycles. The van der Waals surface area contributed by atoms with Crippen molar-refractivity contribution in [1.82, 2.24) is 10.3 Å². The summed E-state index contributed by atoms with van der Waals surface area (Å²) in [4.78, 5) is 18.2. The number of amides is 1. The third kappa shape index (κ3) is 3.92. The number of pyridine rings is 1. The molecule has 0 atom stereocenters. The van der Waals surface area contributed by atoms with E-state index in [1.165, 1.54) is 0 Å². The lowest BCUT2D eigenvalue weighted by Crippen LogP contribution is -2.33. The zero-order valence-corrected chi connectivity index (χ0v) is 11.6. The van der Waals surface area contributed by atoms with Gasteiger partial charge in [0.25, 0.3) is 0 Å².